The van der Waals surface area contributed by atoms with Gasteiger partial charge in [-0.25, -0.2) is 15.8 Å². The van der Waals surface area contributed by atoms with Gasteiger partial charge < -0.3 is 10.3 Å². The Bertz CT molecular complexity index is 352. The minimum atomic E-state index is 0.468. The van der Waals surface area contributed by atoms with Crippen molar-refractivity contribution in [1.29, 1.82) is 0 Å². The van der Waals surface area contributed by atoms with Gasteiger partial charge >= 0.3 is 0 Å². The van der Waals surface area contributed by atoms with Gasteiger partial charge in [-0.05, 0) is 18.9 Å². The predicted molar refractivity (Wildman–Crippen MR) is 82.5 cm³/mol. The van der Waals surface area contributed by atoms with E-state index in [-0.39, 0.29) is 0 Å². The molecule has 0 saturated heterocycles. The van der Waals surface area contributed by atoms with Gasteiger partial charge in [0.1, 0.15) is 11.6 Å². The van der Waals surface area contributed by atoms with Crippen molar-refractivity contribution >= 4 is 35.2 Å². The number of nitrogens with one attached hydrogen (secondary N) is 1. The van der Waals surface area contributed by atoms with Gasteiger partial charge in [0.05, 0.1) is 0 Å². The molecular formula is C11H21N5S2. The van der Waals surface area contributed by atoms with E-state index in [9.17, 15) is 0 Å². The Labute approximate surface area is 117 Å². The summed E-state index contributed by atoms with van der Waals surface area (Å²) in [4.78, 5) is 11.0. The Morgan fingerprint density at radius 1 is 1.44 bits per heavy atom. The Morgan fingerprint density at radius 2 is 2.17 bits per heavy atom. The summed E-state index contributed by atoms with van der Waals surface area (Å²) < 4.78 is 0. The van der Waals surface area contributed by atoms with Crippen molar-refractivity contribution in [1.82, 2.24) is 9.97 Å². The molecule has 1 rings (SSSR count). The van der Waals surface area contributed by atoms with Crippen molar-refractivity contribution in [2.75, 3.05) is 35.6 Å². The highest BCUT2D eigenvalue weighted by Crippen LogP contribution is 2.22. The fourth-order valence-electron chi connectivity index (χ4n) is 1.64. The summed E-state index contributed by atoms with van der Waals surface area (Å²) in [6.07, 6.45) is 5.16. The average Bonchev–Trinajstić information content (AvgIpc) is 2.43. The zero-order chi connectivity index (χ0) is 13.5. The molecule has 0 aliphatic heterocycles. The van der Waals surface area contributed by atoms with Crippen LogP contribution in [0.5, 0.6) is 0 Å². The Morgan fingerprint density at radius 3 is 2.67 bits per heavy atom. The second kappa shape index (κ2) is 7.70. The van der Waals surface area contributed by atoms with Crippen LogP contribution in [0.15, 0.2) is 11.2 Å². The molecule has 0 aliphatic carbocycles. The lowest BCUT2D eigenvalue weighted by molar-refractivity contribution is 0.661. The molecule has 0 fully saturated rings. The maximum Gasteiger partial charge on any atom is 0.191 e. The molecule has 102 valence electrons. The molecule has 0 saturated carbocycles. The van der Waals surface area contributed by atoms with Crippen LogP contribution in [0.25, 0.3) is 0 Å². The van der Waals surface area contributed by atoms with Crippen LogP contribution in [0, 0.1) is 0 Å². The van der Waals surface area contributed by atoms with Gasteiger partial charge in [0.25, 0.3) is 0 Å². The number of nitrogen functional groups attached to an aromatic ring is 1. The molecule has 0 radical (unpaired) electrons. The molecule has 0 bridgehead atoms. The SMILES string of the molecule is CCC(CSC)N(C)c1cc(NN)nc(SC)n1. The number of nitrogens with zero attached hydrogens (tertiary/aromatic N) is 3. The quantitative estimate of drug-likeness (QED) is 0.344. The van der Waals surface area contributed by atoms with Crippen molar-refractivity contribution in [2.24, 2.45) is 5.84 Å². The second-order valence-corrected chi connectivity index (χ2v) is 5.55. The van der Waals surface area contributed by atoms with E-state index in [4.69, 9.17) is 5.84 Å². The smallest absolute Gasteiger partial charge is 0.191 e. The number of hydrogen-bond donors (Lipinski definition) is 2. The van der Waals surface area contributed by atoms with Crippen molar-refractivity contribution in [3.63, 3.8) is 0 Å². The number of hydrazine groups is 1. The highest BCUT2D eigenvalue weighted by molar-refractivity contribution is 7.98. The Hall–Kier alpha value is -0.660. The first kappa shape index (κ1) is 15.4. The van der Waals surface area contributed by atoms with Crippen molar-refractivity contribution in [2.45, 2.75) is 24.5 Å². The molecule has 7 heteroatoms. The maximum atomic E-state index is 5.44. The number of hydrogen-bond acceptors (Lipinski definition) is 7. The summed E-state index contributed by atoms with van der Waals surface area (Å²) in [5.41, 5.74) is 2.59. The summed E-state index contributed by atoms with van der Waals surface area (Å²) in [5, 5.41) is 0.728. The lowest BCUT2D eigenvalue weighted by atomic mass is 10.2. The minimum absolute atomic E-state index is 0.468. The summed E-state index contributed by atoms with van der Waals surface area (Å²) in [6.45, 7) is 2.19. The third-order valence-electron chi connectivity index (χ3n) is 2.76. The second-order valence-electron chi connectivity index (χ2n) is 3.87. The van der Waals surface area contributed by atoms with E-state index in [1.54, 1.807) is 0 Å². The van der Waals surface area contributed by atoms with Crippen LogP contribution in [0.2, 0.25) is 0 Å². The molecule has 3 N–H and O–H groups in total. The van der Waals surface area contributed by atoms with Gasteiger partial charge in [-0.3, -0.25) is 0 Å². The van der Waals surface area contributed by atoms with Crippen molar-refractivity contribution in [3.05, 3.63) is 6.07 Å². The zero-order valence-corrected chi connectivity index (χ0v) is 12.9. The monoisotopic (exact) mass is 287 g/mol. The van der Waals surface area contributed by atoms with Crippen LogP contribution in [-0.2, 0) is 0 Å². The third kappa shape index (κ3) is 3.93. The highest BCUT2D eigenvalue weighted by Gasteiger charge is 2.15. The summed E-state index contributed by atoms with van der Waals surface area (Å²) in [5.74, 6) is 8.07. The van der Waals surface area contributed by atoms with Crippen LogP contribution >= 0.6 is 23.5 Å². The van der Waals surface area contributed by atoms with Crippen LogP contribution in [0.1, 0.15) is 13.3 Å². The molecular weight excluding hydrogens is 266 g/mol. The van der Waals surface area contributed by atoms with Crippen molar-refractivity contribution < 1.29 is 0 Å². The number of thioether (sulfide) groups is 2. The number of anilines is 2. The molecule has 1 atom stereocenters. The van der Waals surface area contributed by atoms with Crippen LogP contribution in [0.4, 0.5) is 11.6 Å². The first-order valence-electron chi connectivity index (χ1n) is 5.77. The normalized spacial score (nSPS) is 12.3. The maximum absolute atomic E-state index is 5.44. The van der Waals surface area contributed by atoms with Gasteiger partial charge in [-0.15, -0.1) is 0 Å². The van der Waals surface area contributed by atoms with E-state index in [1.165, 1.54) is 11.8 Å². The summed E-state index contributed by atoms with van der Waals surface area (Å²) in [7, 11) is 2.07. The molecule has 0 spiro atoms. The molecule has 5 nitrogen and oxygen atoms in total. The van der Waals surface area contributed by atoms with Gasteiger partial charge in [-0.1, -0.05) is 18.7 Å². The largest absolute Gasteiger partial charge is 0.356 e. The van der Waals surface area contributed by atoms with E-state index in [0.29, 0.717) is 11.9 Å². The highest BCUT2D eigenvalue weighted by atomic mass is 32.2. The molecule has 0 amide bonds. The van der Waals surface area contributed by atoms with Crippen LogP contribution in [-0.4, -0.2) is 41.3 Å². The lowest BCUT2D eigenvalue weighted by Gasteiger charge is -2.28. The van der Waals surface area contributed by atoms with E-state index < -0.39 is 0 Å². The topological polar surface area (TPSA) is 67.1 Å². The Kier molecular flexibility index (Phi) is 6.59. The first-order valence-corrected chi connectivity index (χ1v) is 8.39. The van der Waals surface area contributed by atoms with Gasteiger partial charge in [0.2, 0.25) is 0 Å². The van der Waals surface area contributed by atoms with Gasteiger partial charge in [0.15, 0.2) is 5.16 Å². The van der Waals surface area contributed by atoms with E-state index in [1.807, 2.05) is 24.1 Å². The van der Waals surface area contributed by atoms with Gasteiger partial charge in [-0.2, -0.15) is 11.8 Å². The molecule has 1 aromatic heterocycles. The lowest BCUT2D eigenvalue weighted by Crippen LogP contribution is -2.34. The number of rotatable bonds is 7. The number of nitrogens with two attached hydrogens (primary N) is 1. The zero-order valence-electron chi connectivity index (χ0n) is 11.3. The molecule has 0 aliphatic rings. The first-order chi connectivity index (χ1) is 8.65. The third-order valence-corrected chi connectivity index (χ3v) is 4.03. The Balaban J connectivity index is 2.98. The minimum Gasteiger partial charge on any atom is -0.356 e. The molecule has 0 aromatic carbocycles. The van der Waals surface area contributed by atoms with Crippen molar-refractivity contribution in [3.8, 4) is 0 Å². The van der Waals surface area contributed by atoms with E-state index in [2.05, 4.69) is 40.5 Å². The van der Waals surface area contributed by atoms with Gasteiger partial charge in [0, 0.05) is 24.9 Å². The fraction of sp³-hybridized carbons (Fsp3) is 0.636. The summed E-state index contributed by atoms with van der Waals surface area (Å²) in [6, 6.07) is 2.35. The van der Waals surface area contributed by atoms with Crippen LogP contribution in [0.3, 0.4) is 0 Å². The van der Waals surface area contributed by atoms with E-state index >= 15 is 0 Å². The fourth-order valence-corrected chi connectivity index (χ4v) is 2.86. The molecule has 1 aromatic rings. The molecule has 1 heterocycles. The van der Waals surface area contributed by atoms with Crippen LogP contribution < -0.4 is 16.2 Å². The predicted octanol–water partition coefficient (Wildman–Crippen LogP) is 2.06. The molecule has 18 heavy (non-hydrogen) atoms. The molecule has 1 unspecified atom stereocenters. The number of aromatic nitrogens is 2. The standard InChI is InChI=1S/C11H21N5S2/c1-5-8(7-17-3)16(2)10-6-9(15-12)13-11(14-10)18-4/h6,8H,5,7,12H2,1-4H3,(H,13,14,15). The van der Waals surface area contributed by atoms with E-state index in [0.717, 1.165) is 23.1 Å². The average molecular weight is 287 g/mol. The summed E-state index contributed by atoms with van der Waals surface area (Å²) >= 11 is 3.36.